The number of phenolic OH excluding ortho intramolecular Hbond substituents is 1. The molecule has 0 saturated heterocycles. The second-order valence-corrected chi connectivity index (χ2v) is 4.66. The number of para-hydroxylation sites is 1. The Morgan fingerprint density at radius 3 is 2.39 bits per heavy atom. The van der Waals surface area contributed by atoms with Gasteiger partial charge in [-0.1, -0.05) is 47.5 Å². The van der Waals surface area contributed by atoms with Crippen LogP contribution in [0.2, 0.25) is 10.0 Å². The fourth-order valence-electron chi connectivity index (χ4n) is 1.79. The smallest absolute Gasteiger partial charge is 0.131 e. The first-order valence-corrected chi connectivity index (χ1v) is 6.07. The molecule has 0 amide bonds. The first kappa shape index (κ1) is 12.9. The summed E-state index contributed by atoms with van der Waals surface area (Å²) in [5.74, 6) is -0.471. The van der Waals surface area contributed by atoms with Crippen molar-refractivity contribution in [3.8, 4) is 5.75 Å². The summed E-state index contributed by atoms with van der Waals surface area (Å²) in [4.78, 5) is 11.3. The first-order chi connectivity index (χ1) is 8.63. The predicted octanol–water partition coefficient (Wildman–Crippen LogP) is 4.03. The highest BCUT2D eigenvalue weighted by Gasteiger charge is 2.17. The molecule has 0 aliphatic carbocycles. The van der Waals surface area contributed by atoms with Crippen LogP contribution in [0.4, 0.5) is 0 Å². The molecule has 4 heteroatoms. The lowest BCUT2D eigenvalue weighted by molar-refractivity contribution is -0.108. The van der Waals surface area contributed by atoms with Gasteiger partial charge in [0.15, 0.2) is 0 Å². The van der Waals surface area contributed by atoms with E-state index in [1.54, 1.807) is 42.5 Å². The Morgan fingerprint density at radius 1 is 1.06 bits per heavy atom. The lowest BCUT2D eigenvalue weighted by Crippen LogP contribution is -2.02. The van der Waals surface area contributed by atoms with Crippen LogP contribution in [-0.4, -0.2) is 11.4 Å². The van der Waals surface area contributed by atoms with Gasteiger partial charge in [-0.2, -0.15) is 0 Å². The minimum atomic E-state index is -0.555. The molecule has 0 heterocycles. The lowest BCUT2D eigenvalue weighted by Gasteiger charge is -2.13. The molecular weight excluding hydrogens is 271 g/mol. The van der Waals surface area contributed by atoms with Gasteiger partial charge < -0.3 is 9.90 Å². The van der Waals surface area contributed by atoms with E-state index >= 15 is 0 Å². The molecule has 2 aromatic rings. The van der Waals surface area contributed by atoms with E-state index in [-0.39, 0.29) is 5.75 Å². The Kier molecular flexibility index (Phi) is 3.90. The second-order valence-electron chi connectivity index (χ2n) is 3.85. The third kappa shape index (κ3) is 2.50. The zero-order valence-electron chi connectivity index (χ0n) is 9.31. The largest absolute Gasteiger partial charge is 0.508 e. The van der Waals surface area contributed by atoms with E-state index < -0.39 is 5.92 Å². The topological polar surface area (TPSA) is 37.3 Å². The molecule has 0 fully saturated rings. The average Bonchev–Trinajstić information content (AvgIpc) is 2.37. The van der Waals surface area contributed by atoms with E-state index in [9.17, 15) is 9.90 Å². The van der Waals surface area contributed by atoms with Crippen LogP contribution in [0.1, 0.15) is 17.0 Å². The second kappa shape index (κ2) is 5.42. The maximum absolute atomic E-state index is 11.3. The highest BCUT2D eigenvalue weighted by molar-refractivity contribution is 6.42. The van der Waals surface area contributed by atoms with Crippen LogP contribution in [-0.2, 0) is 4.79 Å². The molecule has 0 bridgehead atoms. The summed E-state index contributed by atoms with van der Waals surface area (Å²) in [5.41, 5.74) is 1.24. The van der Waals surface area contributed by atoms with E-state index in [0.717, 1.165) is 6.29 Å². The first-order valence-electron chi connectivity index (χ1n) is 5.31. The molecule has 1 N–H and O–H groups in total. The number of hydrogen-bond donors (Lipinski definition) is 1. The third-order valence-corrected chi connectivity index (χ3v) is 3.45. The van der Waals surface area contributed by atoms with Crippen LogP contribution in [0.25, 0.3) is 0 Å². The monoisotopic (exact) mass is 280 g/mol. The van der Waals surface area contributed by atoms with Gasteiger partial charge in [0.1, 0.15) is 12.0 Å². The van der Waals surface area contributed by atoms with Crippen LogP contribution in [0.15, 0.2) is 42.5 Å². The Morgan fingerprint density at radius 2 is 1.78 bits per heavy atom. The molecule has 18 heavy (non-hydrogen) atoms. The summed E-state index contributed by atoms with van der Waals surface area (Å²) in [5, 5.41) is 10.6. The van der Waals surface area contributed by atoms with Gasteiger partial charge in [0, 0.05) is 5.56 Å². The van der Waals surface area contributed by atoms with Gasteiger partial charge in [-0.15, -0.1) is 0 Å². The third-order valence-electron chi connectivity index (χ3n) is 2.71. The molecule has 0 aliphatic heterocycles. The average molecular weight is 281 g/mol. The maximum Gasteiger partial charge on any atom is 0.131 e. The van der Waals surface area contributed by atoms with Crippen molar-refractivity contribution in [3.63, 3.8) is 0 Å². The van der Waals surface area contributed by atoms with Crippen molar-refractivity contribution in [3.05, 3.63) is 63.6 Å². The van der Waals surface area contributed by atoms with Gasteiger partial charge in [0.25, 0.3) is 0 Å². The number of carbonyl (C=O) groups excluding carboxylic acids is 1. The number of carbonyl (C=O) groups is 1. The number of aromatic hydroxyl groups is 1. The zero-order valence-corrected chi connectivity index (χ0v) is 10.8. The summed E-state index contributed by atoms with van der Waals surface area (Å²) in [6.07, 6.45) is 0.772. The molecular formula is C14H10Cl2O2. The molecule has 0 aromatic heterocycles. The van der Waals surface area contributed by atoms with Crippen LogP contribution in [0.3, 0.4) is 0 Å². The van der Waals surface area contributed by atoms with Crippen molar-refractivity contribution in [1.29, 1.82) is 0 Å². The quantitative estimate of drug-likeness (QED) is 0.862. The molecule has 92 valence electrons. The Labute approximate surface area is 115 Å². The number of hydrogen-bond acceptors (Lipinski definition) is 2. The van der Waals surface area contributed by atoms with Crippen molar-refractivity contribution in [2.45, 2.75) is 5.92 Å². The summed E-state index contributed by atoms with van der Waals surface area (Å²) < 4.78 is 0. The molecule has 1 atom stereocenters. The van der Waals surface area contributed by atoms with E-state index in [4.69, 9.17) is 23.2 Å². The molecule has 0 spiro atoms. The standard InChI is InChI=1S/C14H10Cl2O2/c15-12-6-5-9(7-13(12)16)11(8-17)10-3-1-2-4-14(10)18/h1-8,11,18H. The summed E-state index contributed by atoms with van der Waals surface area (Å²) in [6.45, 7) is 0. The van der Waals surface area contributed by atoms with Crippen molar-refractivity contribution in [2.24, 2.45) is 0 Å². The Bertz CT molecular complexity index is 582. The van der Waals surface area contributed by atoms with E-state index in [1.807, 2.05) is 0 Å². The molecule has 2 rings (SSSR count). The van der Waals surface area contributed by atoms with Crippen molar-refractivity contribution < 1.29 is 9.90 Å². The van der Waals surface area contributed by atoms with Gasteiger partial charge in [0.05, 0.1) is 16.0 Å². The van der Waals surface area contributed by atoms with E-state index in [1.165, 1.54) is 0 Å². The van der Waals surface area contributed by atoms with E-state index in [2.05, 4.69) is 0 Å². The molecule has 0 aliphatic rings. The predicted molar refractivity (Wildman–Crippen MR) is 72.5 cm³/mol. The lowest BCUT2D eigenvalue weighted by atomic mass is 9.92. The molecule has 0 saturated carbocycles. The number of aldehydes is 1. The minimum Gasteiger partial charge on any atom is -0.508 e. The fourth-order valence-corrected chi connectivity index (χ4v) is 2.09. The highest BCUT2D eigenvalue weighted by atomic mass is 35.5. The zero-order chi connectivity index (χ0) is 13.1. The minimum absolute atomic E-state index is 0.0840. The summed E-state index contributed by atoms with van der Waals surface area (Å²) in [7, 11) is 0. The SMILES string of the molecule is O=CC(c1ccc(Cl)c(Cl)c1)c1ccccc1O. The van der Waals surface area contributed by atoms with Crippen LogP contribution < -0.4 is 0 Å². The molecule has 2 nitrogen and oxygen atoms in total. The van der Waals surface area contributed by atoms with Gasteiger partial charge in [-0.05, 0) is 23.8 Å². The molecule has 0 radical (unpaired) electrons. The number of rotatable bonds is 3. The van der Waals surface area contributed by atoms with Gasteiger partial charge in [-0.25, -0.2) is 0 Å². The summed E-state index contributed by atoms with van der Waals surface area (Å²) >= 11 is 11.8. The highest BCUT2D eigenvalue weighted by Crippen LogP contribution is 2.32. The maximum atomic E-state index is 11.3. The summed E-state index contributed by atoms with van der Waals surface area (Å²) in [6, 6.07) is 11.7. The number of halogens is 2. The normalized spacial score (nSPS) is 12.1. The van der Waals surface area contributed by atoms with Crippen molar-refractivity contribution in [1.82, 2.24) is 0 Å². The van der Waals surface area contributed by atoms with Gasteiger partial charge >= 0.3 is 0 Å². The van der Waals surface area contributed by atoms with Crippen molar-refractivity contribution in [2.75, 3.05) is 0 Å². The number of benzene rings is 2. The van der Waals surface area contributed by atoms with Crippen LogP contribution >= 0.6 is 23.2 Å². The Balaban J connectivity index is 2.49. The van der Waals surface area contributed by atoms with Crippen LogP contribution in [0, 0.1) is 0 Å². The number of phenols is 1. The van der Waals surface area contributed by atoms with Gasteiger partial charge in [-0.3, -0.25) is 0 Å². The van der Waals surface area contributed by atoms with Crippen LogP contribution in [0.5, 0.6) is 5.75 Å². The Hall–Kier alpha value is -1.51. The van der Waals surface area contributed by atoms with E-state index in [0.29, 0.717) is 21.2 Å². The van der Waals surface area contributed by atoms with Crippen molar-refractivity contribution >= 4 is 29.5 Å². The fraction of sp³-hybridized carbons (Fsp3) is 0.0714. The molecule has 2 aromatic carbocycles. The molecule has 1 unspecified atom stereocenters. The van der Waals surface area contributed by atoms with Gasteiger partial charge in [0.2, 0.25) is 0 Å².